The second-order valence-electron chi connectivity index (χ2n) is 6.27. The minimum absolute atomic E-state index is 0.00481. The third-order valence-electron chi connectivity index (χ3n) is 4.47. The molecule has 3 aromatic rings. The summed E-state index contributed by atoms with van der Waals surface area (Å²) in [4.78, 5) is 11.6. The summed E-state index contributed by atoms with van der Waals surface area (Å²) in [6, 6.07) is 15.1. The van der Waals surface area contributed by atoms with Crippen LogP contribution in [0.2, 0.25) is 0 Å². The Morgan fingerprint density at radius 1 is 1.14 bits per heavy atom. The number of hydrogen-bond donors (Lipinski definition) is 1. The molecule has 0 aliphatic carbocycles. The number of carbonyl (C=O) groups excluding carboxylic acids is 1. The minimum Gasteiger partial charge on any atom is -0.497 e. The van der Waals surface area contributed by atoms with Crippen LogP contribution in [0.4, 0.5) is 5.69 Å². The molecule has 0 aliphatic heterocycles. The predicted molar refractivity (Wildman–Crippen MR) is 112 cm³/mol. The van der Waals surface area contributed by atoms with E-state index in [1.54, 1.807) is 19.2 Å². The Hall–Kier alpha value is -3.74. The van der Waals surface area contributed by atoms with Crippen molar-refractivity contribution in [2.24, 2.45) is 0 Å². The Morgan fingerprint density at radius 2 is 1.90 bits per heavy atom. The highest BCUT2D eigenvalue weighted by molar-refractivity contribution is 5.92. The van der Waals surface area contributed by atoms with Crippen LogP contribution in [0.3, 0.4) is 0 Å². The number of nitriles is 1. The number of nitrogens with zero attached hydrogens (tertiary/aromatic N) is 2. The van der Waals surface area contributed by atoms with E-state index in [1.807, 2.05) is 41.8 Å². The van der Waals surface area contributed by atoms with Crippen molar-refractivity contribution in [3.05, 3.63) is 59.3 Å². The van der Waals surface area contributed by atoms with Gasteiger partial charge in [0.1, 0.15) is 24.1 Å². The van der Waals surface area contributed by atoms with Crippen LogP contribution in [0.5, 0.6) is 5.75 Å². The van der Waals surface area contributed by atoms with Gasteiger partial charge >= 0.3 is 0 Å². The van der Waals surface area contributed by atoms with Crippen molar-refractivity contribution in [1.82, 2.24) is 4.57 Å². The lowest BCUT2D eigenvalue weighted by atomic mass is 10.1. The van der Waals surface area contributed by atoms with E-state index in [4.69, 9.17) is 9.47 Å². The highest BCUT2D eigenvalue weighted by Crippen LogP contribution is 2.28. The molecule has 0 spiro atoms. The molecule has 2 aromatic carbocycles. The Labute approximate surface area is 169 Å². The smallest absolute Gasteiger partial charge is 0.250 e. The summed E-state index contributed by atoms with van der Waals surface area (Å²) in [6.07, 6.45) is 0. The molecule has 6 nitrogen and oxygen atoms in total. The van der Waals surface area contributed by atoms with Crippen LogP contribution in [-0.2, 0) is 16.1 Å². The van der Waals surface area contributed by atoms with Gasteiger partial charge < -0.3 is 19.4 Å². The second-order valence-corrected chi connectivity index (χ2v) is 6.27. The quantitative estimate of drug-likeness (QED) is 0.680. The number of nitrogens with one attached hydrogen (secondary N) is 1. The molecule has 0 saturated heterocycles. The van der Waals surface area contributed by atoms with Crippen molar-refractivity contribution in [3.63, 3.8) is 0 Å². The lowest BCUT2D eigenvalue weighted by Crippen LogP contribution is -2.16. The van der Waals surface area contributed by atoms with Crippen molar-refractivity contribution in [3.8, 4) is 23.7 Å². The number of fused-ring (bicyclic) bond motifs is 1. The minimum atomic E-state index is -0.215. The zero-order valence-electron chi connectivity index (χ0n) is 16.6. The summed E-state index contributed by atoms with van der Waals surface area (Å²) in [6.45, 7) is 2.70. The Bertz CT molecular complexity index is 1140. The maximum absolute atomic E-state index is 11.6. The molecule has 0 atom stereocenters. The van der Waals surface area contributed by atoms with Crippen molar-refractivity contribution < 1.29 is 14.3 Å². The molecule has 0 saturated carbocycles. The number of benzene rings is 2. The van der Waals surface area contributed by atoms with E-state index in [2.05, 4.69) is 23.2 Å². The van der Waals surface area contributed by atoms with Gasteiger partial charge in [-0.25, -0.2) is 0 Å². The Kier molecular flexibility index (Phi) is 6.19. The average Bonchev–Trinajstić information content (AvgIpc) is 3.04. The Balaban J connectivity index is 1.96. The van der Waals surface area contributed by atoms with Gasteiger partial charge in [-0.1, -0.05) is 5.92 Å². The van der Waals surface area contributed by atoms with Gasteiger partial charge in [-0.05, 0) is 49.2 Å². The number of ether oxygens (including phenoxy) is 2. The molecule has 0 fully saturated rings. The van der Waals surface area contributed by atoms with Gasteiger partial charge in [0.25, 0.3) is 0 Å². The molecule has 0 bridgehead atoms. The number of anilines is 1. The van der Waals surface area contributed by atoms with Crippen LogP contribution in [-0.4, -0.2) is 31.3 Å². The fourth-order valence-electron chi connectivity index (χ4n) is 3.12. The van der Waals surface area contributed by atoms with Gasteiger partial charge in [0.2, 0.25) is 5.91 Å². The lowest BCUT2D eigenvalue weighted by Gasteiger charge is -2.05. The summed E-state index contributed by atoms with van der Waals surface area (Å²) in [5.74, 6) is 6.79. The van der Waals surface area contributed by atoms with E-state index in [1.165, 1.54) is 7.11 Å². The van der Waals surface area contributed by atoms with Gasteiger partial charge in [-0.15, -0.1) is 0 Å². The number of methoxy groups -OCH3 is 2. The van der Waals surface area contributed by atoms with Crippen molar-refractivity contribution in [1.29, 1.82) is 5.26 Å². The standard InChI is InChI=1S/C23H21N3O3/c1-4-26-21(20(14-24)19-11-10-18(29-3)13-22(19)26)12-7-16-5-8-17(9-6-16)25-23(27)15-28-2/h5-6,8-11,13H,4,15H2,1-3H3,(H,25,27). The molecule has 0 unspecified atom stereocenters. The first-order chi connectivity index (χ1) is 14.1. The molecule has 146 valence electrons. The molecular weight excluding hydrogens is 366 g/mol. The van der Waals surface area contributed by atoms with E-state index in [9.17, 15) is 10.1 Å². The molecule has 0 aliphatic rings. The first kappa shape index (κ1) is 20.0. The van der Waals surface area contributed by atoms with E-state index in [0.29, 0.717) is 23.5 Å². The van der Waals surface area contributed by atoms with Gasteiger partial charge in [0, 0.05) is 36.4 Å². The number of carbonyl (C=O) groups is 1. The van der Waals surface area contributed by atoms with E-state index in [-0.39, 0.29) is 12.5 Å². The van der Waals surface area contributed by atoms with Crippen LogP contribution in [0, 0.1) is 23.2 Å². The van der Waals surface area contributed by atoms with Crippen LogP contribution >= 0.6 is 0 Å². The third kappa shape index (κ3) is 4.24. The molecular formula is C23H21N3O3. The number of hydrogen-bond acceptors (Lipinski definition) is 4. The normalized spacial score (nSPS) is 10.1. The summed E-state index contributed by atoms with van der Waals surface area (Å²) in [7, 11) is 3.09. The van der Waals surface area contributed by atoms with E-state index < -0.39 is 0 Å². The fraction of sp³-hybridized carbons (Fsp3) is 0.217. The summed E-state index contributed by atoms with van der Waals surface area (Å²) >= 11 is 0. The molecule has 1 heterocycles. The zero-order valence-corrected chi connectivity index (χ0v) is 16.6. The maximum Gasteiger partial charge on any atom is 0.250 e. The van der Waals surface area contributed by atoms with Crippen LogP contribution in [0.15, 0.2) is 42.5 Å². The zero-order chi connectivity index (χ0) is 20.8. The number of aromatic nitrogens is 1. The van der Waals surface area contributed by atoms with Gasteiger partial charge in [-0.3, -0.25) is 4.79 Å². The molecule has 6 heteroatoms. The van der Waals surface area contributed by atoms with Crippen LogP contribution in [0.25, 0.3) is 10.9 Å². The fourth-order valence-corrected chi connectivity index (χ4v) is 3.12. The summed E-state index contributed by atoms with van der Waals surface area (Å²) < 4.78 is 12.1. The van der Waals surface area contributed by atoms with Crippen molar-refractivity contribution in [2.45, 2.75) is 13.5 Å². The lowest BCUT2D eigenvalue weighted by molar-refractivity contribution is -0.119. The largest absolute Gasteiger partial charge is 0.497 e. The first-order valence-electron chi connectivity index (χ1n) is 9.12. The topological polar surface area (TPSA) is 76.3 Å². The highest BCUT2D eigenvalue weighted by Gasteiger charge is 2.15. The third-order valence-corrected chi connectivity index (χ3v) is 4.47. The summed E-state index contributed by atoms with van der Waals surface area (Å²) in [5.41, 5.74) is 3.61. The average molecular weight is 387 g/mol. The molecule has 3 rings (SSSR count). The first-order valence-corrected chi connectivity index (χ1v) is 9.12. The highest BCUT2D eigenvalue weighted by atomic mass is 16.5. The molecule has 1 amide bonds. The number of rotatable bonds is 5. The van der Waals surface area contributed by atoms with Crippen molar-refractivity contribution >= 4 is 22.5 Å². The van der Waals surface area contributed by atoms with Gasteiger partial charge in [0.05, 0.1) is 18.2 Å². The van der Waals surface area contributed by atoms with E-state index in [0.717, 1.165) is 22.2 Å². The molecule has 0 radical (unpaired) electrons. The summed E-state index contributed by atoms with van der Waals surface area (Å²) in [5, 5.41) is 13.3. The monoisotopic (exact) mass is 387 g/mol. The Morgan fingerprint density at radius 3 is 2.52 bits per heavy atom. The van der Waals surface area contributed by atoms with Crippen LogP contribution in [0.1, 0.15) is 23.7 Å². The maximum atomic E-state index is 11.6. The van der Waals surface area contributed by atoms with Gasteiger partial charge in [-0.2, -0.15) is 5.26 Å². The van der Waals surface area contributed by atoms with Crippen molar-refractivity contribution in [2.75, 3.05) is 26.1 Å². The number of aryl methyl sites for hydroxylation is 1. The van der Waals surface area contributed by atoms with Crippen LogP contribution < -0.4 is 10.1 Å². The van der Waals surface area contributed by atoms with Gasteiger partial charge in [0.15, 0.2) is 0 Å². The van der Waals surface area contributed by atoms with E-state index >= 15 is 0 Å². The molecule has 29 heavy (non-hydrogen) atoms. The molecule has 1 N–H and O–H groups in total. The predicted octanol–water partition coefficient (Wildman–Crippen LogP) is 3.53. The SMILES string of the molecule is CCn1c(C#Cc2ccc(NC(=O)COC)cc2)c(C#N)c2ccc(OC)cc21. The molecule has 1 aromatic heterocycles. The number of amides is 1. The second kappa shape index (κ2) is 8.97.